The topological polar surface area (TPSA) is 77.8 Å². The summed E-state index contributed by atoms with van der Waals surface area (Å²) in [6, 6.07) is 0. The molecule has 4 nitrogen and oxygen atoms in total. The summed E-state index contributed by atoms with van der Waals surface area (Å²) < 4.78 is 0. The SMILES string of the molecule is CC(CCC(=O)O)C1CCC2C3CC(O)[C@@H]4C[C@@H](O)CC[C@]4(C)C3CC[C@]12C. The number of carbonyl (C=O) groups is 1. The first kappa shape index (κ1) is 20.7. The Bertz CT molecular complexity index is 605. The Morgan fingerprint density at radius 2 is 1.64 bits per heavy atom. The molecule has 4 saturated carbocycles. The monoisotopic (exact) mass is 392 g/mol. The van der Waals surface area contributed by atoms with E-state index >= 15 is 0 Å². The van der Waals surface area contributed by atoms with E-state index in [1.54, 1.807) is 0 Å². The molecule has 4 aliphatic rings. The standard InChI is InChI=1S/C24H40O4/c1-14(4-7-22(27)28)17-5-6-18-16-13-21(26)20-12-15(25)8-10-24(20,3)19(16)9-11-23(17,18)2/h14-21,25-26H,4-13H2,1-3H3,(H,27,28)/t14?,15-,16?,17?,18?,19?,20-,21?,23+,24+/m0/s1. The summed E-state index contributed by atoms with van der Waals surface area (Å²) in [6.07, 6.45) is 9.16. The number of fused-ring (bicyclic) bond motifs is 5. The maximum absolute atomic E-state index is 11.1. The molecule has 0 spiro atoms. The summed E-state index contributed by atoms with van der Waals surface area (Å²) in [5.41, 5.74) is 0.478. The Morgan fingerprint density at radius 3 is 2.36 bits per heavy atom. The second-order valence-corrected chi connectivity index (χ2v) is 11.4. The molecule has 4 heteroatoms. The fourth-order valence-electron chi connectivity index (χ4n) is 8.81. The molecule has 0 heterocycles. The Labute approximate surface area is 170 Å². The van der Waals surface area contributed by atoms with Crippen LogP contribution >= 0.6 is 0 Å². The van der Waals surface area contributed by atoms with Crippen LogP contribution in [0.3, 0.4) is 0 Å². The van der Waals surface area contributed by atoms with Gasteiger partial charge in [-0.3, -0.25) is 4.79 Å². The van der Waals surface area contributed by atoms with Crippen LogP contribution in [0.1, 0.15) is 85.0 Å². The van der Waals surface area contributed by atoms with Crippen LogP contribution in [0.2, 0.25) is 0 Å². The van der Waals surface area contributed by atoms with E-state index in [1.165, 1.54) is 25.7 Å². The zero-order chi connectivity index (χ0) is 20.3. The quantitative estimate of drug-likeness (QED) is 0.659. The molecule has 4 fully saturated rings. The lowest BCUT2D eigenvalue weighted by Crippen LogP contribution is -2.58. The largest absolute Gasteiger partial charge is 0.481 e. The van der Waals surface area contributed by atoms with Crippen molar-refractivity contribution in [2.45, 2.75) is 97.2 Å². The van der Waals surface area contributed by atoms with Crippen LogP contribution in [0.15, 0.2) is 0 Å². The summed E-state index contributed by atoms with van der Waals surface area (Å²) in [7, 11) is 0. The molecular formula is C24H40O4. The van der Waals surface area contributed by atoms with Gasteiger partial charge in [0, 0.05) is 6.42 Å². The van der Waals surface area contributed by atoms with Gasteiger partial charge in [0.25, 0.3) is 0 Å². The first-order valence-electron chi connectivity index (χ1n) is 11.7. The first-order chi connectivity index (χ1) is 13.2. The van der Waals surface area contributed by atoms with Crippen molar-refractivity contribution in [2.24, 2.45) is 46.3 Å². The smallest absolute Gasteiger partial charge is 0.303 e. The Hall–Kier alpha value is -0.610. The molecule has 10 atom stereocenters. The van der Waals surface area contributed by atoms with Crippen LogP contribution in [0.4, 0.5) is 0 Å². The van der Waals surface area contributed by atoms with Crippen molar-refractivity contribution in [3.8, 4) is 0 Å². The number of carboxylic acid groups (broad SMARTS) is 1. The van der Waals surface area contributed by atoms with E-state index in [1.807, 2.05) is 0 Å². The number of carboxylic acids is 1. The summed E-state index contributed by atoms with van der Waals surface area (Å²) >= 11 is 0. The molecule has 160 valence electrons. The molecule has 0 aromatic carbocycles. The van der Waals surface area contributed by atoms with Gasteiger partial charge < -0.3 is 15.3 Å². The van der Waals surface area contributed by atoms with Crippen molar-refractivity contribution < 1.29 is 20.1 Å². The third kappa shape index (κ3) is 3.14. The highest BCUT2D eigenvalue weighted by molar-refractivity contribution is 5.66. The van der Waals surface area contributed by atoms with Crippen molar-refractivity contribution in [3.05, 3.63) is 0 Å². The number of hydrogen-bond acceptors (Lipinski definition) is 3. The van der Waals surface area contributed by atoms with Crippen LogP contribution < -0.4 is 0 Å². The van der Waals surface area contributed by atoms with E-state index in [9.17, 15) is 15.0 Å². The van der Waals surface area contributed by atoms with E-state index in [2.05, 4.69) is 20.8 Å². The van der Waals surface area contributed by atoms with E-state index in [-0.39, 0.29) is 30.0 Å². The lowest BCUT2D eigenvalue weighted by atomic mass is 9.44. The minimum atomic E-state index is -0.677. The zero-order valence-corrected chi connectivity index (χ0v) is 17.9. The summed E-state index contributed by atoms with van der Waals surface area (Å²) in [5, 5.41) is 30.4. The van der Waals surface area contributed by atoms with E-state index in [0.29, 0.717) is 35.0 Å². The van der Waals surface area contributed by atoms with Crippen molar-refractivity contribution >= 4 is 5.97 Å². The molecule has 28 heavy (non-hydrogen) atoms. The molecule has 0 aliphatic heterocycles. The van der Waals surface area contributed by atoms with Crippen LogP contribution in [-0.4, -0.2) is 33.5 Å². The summed E-state index contributed by atoms with van der Waals surface area (Å²) in [4.78, 5) is 11.1. The van der Waals surface area contributed by atoms with E-state index in [0.717, 1.165) is 32.1 Å². The number of rotatable bonds is 4. The molecule has 3 N–H and O–H groups in total. The third-order valence-electron chi connectivity index (χ3n) is 10.2. The number of hydrogen-bond donors (Lipinski definition) is 3. The van der Waals surface area contributed by atoms with Gasteiger partial charge in [-0.15, -0.1) is 0 Å². The molecule has 0 radical (unpaired) electrons. The molecule has 0 bridgehead atoms. The average molecular weight is 393 g/mol. The minimum Gasteiger partial charge on any atom is -0.481 e. The Kier molecular flexibility index (Phi) is 5.36. The second-order valence-electron chi connectivity index (χ2n) is 11.4. The molecule has 0 saturated heterocycles. The van der Waals surface area contributed by atoms with Crippen molar-refractivity contribution in [3.63, 3.8) is 0 Å². The van der Waals surface area contributed by atoms with Gasteiger partial charge >= 0.3 is 5.97 Å². The average Bonchev–Trinajstić information content (AvgIpc) is 2.99. The van der Waals surface area contributed by atoms with Crippen LogP contribution in [0.5, 0.6) is 0 Å². The van der Waals surface area contributed by atoms with Gasteiger partial charge in [-0.25, -0.2) is 0 Å². The summed E-state index contributed by atoms with van der Waals surface area (Å²) in [6.45, 7) is 7.16. The fraction of sp³-hybridized carbons (Fsp3) is 0.958. The predicted octanol–water partition coefficient (Wildman–Crippen LogP) is 4.48. The third-order valence-corrected chi connectivity index (χ3v) is 10.2. The molecule has 0 amide bonds. The van der Waals surface area contributed by atoms with Gasteiger partial charge in [-0.05, 0) is 104 Å². The van der Waals surface area contributed by atoms with Gasteiger partial charge in [-0.2, -0.15) is 0 Å². The maximum Gasteiger partial charge on any atom is 0.303 e. The maximum atomic E-state index is 11.1. The Balaban J connectivity index is 1.55. The number of aliphatic hydroxyl groups is 2. The number of aliphatic carboxylic acids is 1. The highest BCUT2D eigenvalue weighted by atomic mass is 16.4. The lowest BCUT2D eigenvalue weighted by molar-refractivity contribution is -0.172. The van der Waals surface area contributed by atoms with Crippen molar-refractivity contribution in [1.29, 1.82) is 0 Å². The predicted molar refractivity (Wildman–Crippen MR) is 109 cm³/mol. The normalized spacial score (nSPS) is 51.7. The zero-order valence-electron chi connectivity index (χ0n) is 17.9. The molecule has 6 unspecified atom stereocenters. The lowest BCUT2D eigenvalue weighted by Gasteiger charge is -2.62. The fourth-order valence-corrected chi connectivity index (χ4v) is 8.81. The van der Waals surface area contributed by atoms with Crippen molar-refractivity contribution in [2.75, 3.05) is 0 Å². The highest BCUT2D eigenvalue weighted by Crippen LogP contribution is 2.68. The first-order valence-corrected chi connectivity index (χ1v) is 11.7. The van der Waals surface area contributed by atoms with Gasteiger partial charge in [-0.1, -0.05) is 20.8 Å². The Morgan fingerprint density at radius 1 is 0.964 bits per heavy atom. The number of aliphatic hydroxyl groups excluding tert-OH is 2. The van der Waals surface area contributed by atoms with E-state index in [4.69, 9.17) is 5.11 Å². The second kappa shape index (κ2) is 7.27. The van der Waals surface area contributed by atoms with Gasteiger partial charge in [0.2, 0.25) is 0 Å². The highest BCUT2D eigenvalue weighted by Gasteiger charge is 2.62. The van der Waals surface area contributed by atoms with Crippen LogP contribution in [-0.2, 0) is 4.79 Å². The molecular weight excluding hydrogens is 352 g/mol. The molecule has 4 rings (SSSR count). The minimum absolute atomic E-state index is 0.176. The molecule has 0 aromatic heterocycles. The van der Waals surface area contributed by atoms with E-state index < -0.39 is 5.97 Å². The molecule has 0 aromatic rings. The van der Waals surface area contributed by atoms with Gasteiger partial charge in [0.05, 0.1) is 12.2 Å². The summed E-state index contributed by atoms with van der Waals surface area (Å²) in [5.74, 6) is 2.61. The van der Waals surface area contributed by atoms with Crippen LogP contribution in [0.25, 0.3) is 0 Å². The van der Waals surface area contributed by atoms with Gasteiger partial charge in [0.15, 0.2) is 0 Å². The molecule has 4 aliphatic carbocycles. The van der Waals surface area contributed by atoms with Gasteiger partial charge in [0.1, 0.15) is 0 Å². The van der Waals surface area contributed by atoms with Crippen LogP contribution in [0, 0.1) is 46.3 Å². The van der Waals surface area contributed by atoms with Crippen molar-refractivity contribution in [1.82, 2.24) is 0 Å².